The third-order valence-electron chi connectivity index (χ3n) is 4.55. The molecule has 30 heavy (non-hydrogen) atoms. The Hall–Kier alpha value is -4.39. The van der Waals surface area contributed by atoms with Gasteiger partial charge in [0.25, 0.3) is 0 Å². The zero-order chi connectivity index (χ0) is 20.3. The first kappa shape index (κ1) is 17.7. The lowest BCUT2D eigenvalue weighted by Crippen LogP contribution is -2.03. The highest BCUT2D eigenvalue weighted by atomic mass is 16.5. The van der Waals surface area contributed by atoms with Gasteiger partial charge in [-0.3, -0.25) is 9.78 Å². The number of benzene rings is 2. The second-order valence-electron chi connectivity index (χ2n) is 6.50. The number of nitrogens with one attached hydrogen (secondary N) is 1. The van der Waals surface area contributed by atoms with Crippen molar-refractivity contribution >= 4 is 16.8 Å². The fourth-order valence-electron chi connectivity index (χ4n) is 3.09. The molecule has 0 saturated heterocycles. The molecule has 0 saturated carbocycles. The van der Waals surface area contributed by atoms with Crippen molar-refractivity contribution in [3.63, 3.8) is 0 Å². The largest absolute Gasteiger partial charge is 0.437 e. The lowest BCUT2D eigenvalue weighted by molar-refractivity contribution is 0.103. The fraction of sp³-hybridized carbons (Fsp3) is 0. The second kappa shape index (κ2) is 7.56. The summed E-state index contributed by atoms with van der Waals surface area (Å²) in [5, 5.41) is 0. The number of imidazole rings is 1. The molecule has 0 aliphatic carbocycles. The van der Waals surface area contributed by atoms with Crippen molar-refractivity contribution in [2.45, 2.75) is 0 Å². The minimum absolute atomic E-state index is 0.185. The van der Waals surface area contributed by atoms with Crippen LogP contribution >= 0.6 is 0 Å². The highest BCUT2D eigenvalue weighted by molar-refractivity contribution is 6.08. The van der Waals surface area contributed by atoms with Gasteiger partial charge >= 0.3 is 0 Å². The molecule has 0 unspecified atom stereocenters. The molecular weight excluding hydrogens is 378 g/mol. The maximum atomic E-state index is 12.8. The minimum atomic E-state index is -0.185. The van der Waals surface area contributed by atoms with Crippen LogP contribution in [0.25, 0.3) is 22.3 Å². The van der Waals surface area contributed by atoms with Crippen LogP contribution in [0.15, 0.2) is 85.5 Å². The van der Waals surface area contributed by atoms with Gasteiger partial charge in [0.15, 0.2) is 5.82 Å². The molecule has 0 aliphatic heterocycles. The van der Waals surface area contributed by atoms with Crippen molar-refractivity contribution in [2.75, 3.05) is 0 Å². The molecule has 0 atom stereocenters. The van der Waals surface area contributed by atoms with Gasteiger partial charge in [-0.1, -0.05) is 12.1 Å². The number of aromatic amines is 1. The molecule has 5 aromatic rings. The van der Waals surface area contributed by atoms with E-state index in [1.807, 2.05) is 36.4 Å². The number of pyridine rings is 1. The number of aromatic nitrogens is 5. The van der Waals surface area contributed by atoms with E-state index in [9.17, 15) is 4.79 Å². The third-order valence-corrected chi connectivity index (χ3v) is 4.55. The van der Waals surface area contributed by atoms with Gasteiger partial charge in [0.05, 0.1) is 11.0 Å². The van der Waals surface area contributed by atoms with Gasteiger partial charge in [0.1, 0.15) is 11.4 Å². The van der Waals surface area contributed by atoms with Gasteiger partial charge < -0.3 is 9.72 Å². The molecule has 0 fully saturated rings. The van der Waals surface area contributed by atoms with Crippen molar-refractivity contribution in [1.29, 1.82) is 0 Å². The second-order valence-corrected chi connectivity index (χ2v) is 6.50. The predicted octanol–water partition coefficient (Wildman–Crippen LogP) is 4.44. The lowest BCUT2D eigenvalue weighted by Gasteiger charge is -2.09. The summed E-state index contributed by atoms with van der Waals surface area (Å²) in [4.78, 5) is 32.9. The van der Waals surface area contributed by atoms with Crippen LogP contribution in [0.4, 0.5) is 0 Å². The van der Waals surface area contributed by atoms with Crippen LogP contribution in [0.1, 0.15) is 16.2 Å². The topological polar surface area (TPSA) is 93.7 Å². The van der Waals surface area contributed by atoms with Crippen LogP contribution in [-0.4, -0.2) is 30.7 Å². The first-order valence-electron chi connectivity index (χ1n) is 9.27. The average molecular weight is 393 g/mol. The normalized spacial score (nSPS) is 10.8. The first-order chi connectivity index (χ1) is 14.8. The average Bonchev–Trinajstić information content (AvgIpc) is 3.24. The van der Waals surface area contributed by atoms with Gasteiger partial charge in [-0.2, -0.15) is 0 Å². The molecule has 3 heterocycles. The molecule has 1 N–H and O–H groups in total. The van der Waals surface area contributed by atoms with Crippen LogP contribution in [-0.2, 0) is 0 Å². The summed E-state index contributed by atoms with van der Waals surface area (Å²) in [5.41, 5.74) is 3.56. The molecule has 0 amide bonds. The molecule has 3 aromatic heterocycles. The lowest BCUT2D eigenvalue weighted by atomic mass is 10.1. The van der Waals surface area contributed by atoms with E-state index in [-0.39, 0.29) is 5.78 Å². The number of nitrogens with zero attached hydrogens (tertiary/aromatic N) is 4. The van der Waals surface area contributed by atoms with E-state index in [0.717, 1.165) is 16.6 Å². The van der Waals surface area contributed by atoms with Crippen LogP contribution in [0.2, 0.25) is 0 Å². The molecule has 144 valence electrons. The van der Waals surface area contributed by atoms with Gasteiger partial charge in [0.2, 0.25) is 11.7 Å². The van der Waals surface area contributed by atoms with Gasteiger partial charge in [0, 0.05) is 35.9 Å². The van der Waals surface area contributed by atoms with Crippen LogP contribution in [0.3, 0.4) is 0 Å². The molecule has 5 rings (SSSR count). The molecule has 7 nitrogen and oxygen atoms in total. The van der Waals surface area contributed by atoms with E-state index in [1.165, 1.54) is 0 Å². The molecule has 0 aliphatic rings. The summed E-state index contributed by atoms with van der Waals surface area (Å²) in [5.74, 6) is 1.04. The smallest absolute Gasteiger partial charge is 0.246 e. The van der Waals surface area contributed by atoms with E-state index in [0.29, 0.717) is 28.7 Å². The van der Waals surface area contributed by atoms with Gasteiger partial charge in [-0.15, -0.1) is 0 Å². The number of para-hydroxylation sites is 2. The SMILES string of the molecule is O=C(c1ccc(Oc2nccnc2-c2ccncc2)cc1)c1nc2ccccc2[nH]1. The number of H-pyrrole nitrogens is 1. The summed E-state index contributed by atoms with van der Waals surface area (Å²) >= 11 is 0. The Morgan fingerprint density at radius 2 is 1.60 bits per heavy atom. The van der Waals surface area contributed by atoms with E-state index in [2.05, 4.69) is 24.9 Å². The summed E-state index contributed by atoms with van der Waals surface area (Å²) in [6.45, 7) is 0. The molecule has 0 spiro atoms. The predicted molar refractivity (Wildman–Crippen MR) is 111 cm³/mol. The quantitative estimate of drug-likeness (QED) is 0.444. The standard InChI is InChI=1S/C23H15N5O2/c29-21(22-27-18-3-1-2-4-19(18)28-22)16-5-7-17(8-6-16)30-23-20(25-13-14-26-23)15-9-11-24-12-10-15/h1-14H,(H,27,28). The Morgan fingerprint density at radius 1 is 0.833 bits per heavy atom. The van der Waals surface area contributed by atoms with Crippen molar-refractivity contribution in [2.24, 2.45) is 0 Å². The number of ether oxygens (including phenoxy) is 1. The third kappa shape index (κ3) is 3.40. The number of ketones is 1. The molecule has 0 radical (unpaired) electrons. The maximum Gasteiger partial charge on any atom is 0.246 e. The highest BCUT2D eigenvalue weighted by Crippen LogP contribution is 2.29. The van der Waals surface area contributed by atoms with Crippen LogP contribution < -0.4 is 4.74 Å². The molecule has 2 aromatic carbocycles. The summed E-state index contributed by atoms with van der Waals surface area (Å²) in [6.07, 6.45) is 6.55. The number of fused-ring (bicyclic) bond motifs is 1. The van der Waals surface area contributed by atoms with Crippen LogP contribution in [0.5, 0.6) is 11.6 Å². The van der Waals surface area contributed by atoms with Gasteiger partial charge in [-0.25, -0.2) is 15.0 Å². The Labute approximate surface area is 171 Å². The number of carbonyl (C=O) groups is 1. The summed E-state index contributed by atoms with van der Waals surface area (Å²) in [7, 11) is 0. The zero-order valence-electron chi connectivity index (χ0n) is 15.7. The molecule has 7 heteroatoms. The fourth-order valence-corrected chi connectivity index (χ4v) is 3.09. The Kier molecular flexibility index (Phi) is 4.46. The van der Waals surface area contributed by atoms with Crippen molar-refractivity contribution in [3.8, 4) is 22.9 Å². The van der Waals surface area contributed by atoms with E-state index in [1.54, 1.807) is 49.1 Å². The van der Waals surface area contributed by atoms with Crippen LogP contribution in [0, 0.1) is 0 Å². The van der Waals surface area contributed by atoms with Gasteiger partial charge in [-0.05, 0) is 48.5 Å². The van der Waals surface area contributed by atoms with E-state index < -0.39 is 0 Å². The number of hydrogen-bond donors (Lipinski definition) is 1. The highest BCUT2D eigenvalue weighted by Gasteiger charge is 2.15. The van der Waals surface area contributed by atoms with Crippen molar-refractivity contribution < 1.29 is 9.53 Å². The Morgan fingerprint density at radius 3 is 2.40 bits per heavy atom. The Balaban J connectivity index is 1.39. The number of rotatable bonds is 5. The maximum absolute atomic E-state index is 12.8. The zero-order valence-corrected chi connectivity index (χ0v) is 15.7. The summed E-state index contributed by atoms with van der Waals surface area (Å²) in [6, 6.07) is 18.1. The van der Waals surface area contributed by atoms with E-state index >= 15 is 0 Å². The number of carbonyl (C=O) groups excluding carboxylic acids is 1. The monoisotopic (exact) mass is 393 g/mol. The molecular formula is C23H15N5O2. The minimum Gasteiger partial charge on any atom is -0.437 e. The number of hydrogen-bond acceptors (Lipinski definition) is 6. The first-order valence-corrected chi connectivity index (χ1v) is 9.27. The van der Waals surface area contributed by atoms with Crippen molar-refractivity contribution in [1.82, 2.24) is 24.9 Å². The summed E-state index contributed by atoms with van der Waals surface area (Å²) < 4.78 is 5.92. The van der Waals surface area contributed by atoms with E-state index in [4.69, 9.17) is 4.74 Å². The van der Waals surface area contributed by atoms with Crippen molar-refractivity contribution in [3.05, 3.63) is 96.8 Å². The Bertz CT molecular complexity index is 1300. The molecule has 0 bridgehead atoms.